The second-order valence-corrected chi connectivity index (χ2v) is 4.16. The van der Waals surface area contributed by atoms with Crippen LogP contribution >= 0.6 is 0 Å². The summed E-state index contributed by atoms with van der Waals surface area (Å²) in [4.78, 5) is 18.9. The predicted molar refractivity (Wildman–Crippen MR) is 71.7 cm³/mol. The predicted octanol–water partition coefficient (Wildman–Crippen LogP) is 2.92. The number of nitrogens with zero attached hydrogens (tertiary/aromatic N) is 1. The molecule has 3 rings (SSSR count). The Morgan fingerprint density at radius 2 is 2.11 bits per heavy atom. The molecule has 4 nitrogen and oxygen atoms in total. The van der Waals surface area contributed by atoms with Gasteiger partial charge in [-0.1, -0.05) is 18.2 Å². The van der Waals surface area contributed by atoms with Crippen molar-refractivity contribution in [3.63, 3.8) is 0 Å². The number of esters is 1. The van der Waals surface area contributed by atoms with Crippen LogP contribution in [-0.4, -0.2) is 15.9 Å². The lowest BCUT2D eigenvalue weighted by Gasteiger charge is -2.06. The van der Waals surface area contributed by atoms with Gasteiger partial charge in [-0.3, -0.25) is 4.98 Å². The first kappa shape index (κ1) is 11.5. The minimum atomic E-state index is -0.331. The molecule has 0 bridgehead atoms. The number of hydrogen-bond donors (Lipinski definition) is 1. The zero-order valence-corrected chi connectivity index (χ0v) is 10.2. The van der Waals surface area contributed by atoms with Gasteiger partial charge in [0.2, 0.25) is 0 Å². The topological polar surface area (TPSA) is 55.0 Å². The third-order valence-electron chi connectivity index (χ3n) is 2.93. The molecule has 0 amide bonds. The van der Waals surface area contributed by atoms with Crippen molar-refractivity contribution in [2.24, 2.45) is 0 Å². The van der Waals surface area contributed by atoms with E-state index in [1.54, 1.807) is 24.7 Å². The molecule has 0 unspecified atom stereocenters. The maximum absolute atomic E-state index is 11.8. The van der Waals surface area contributed by atoms with Gasteiger partial charge in [0.1, 0.15) is 6.61 Å². The fraction of sp³-hybridized carbons (Fsp3) is 0.0667. The molecule has 0 radical (unpaired) electrons. The van der Waals surface area contributed by atoms with Gasteiger partial charge < -0.3 is 9.72 Å². The molecule has 0 saturated heterocycles. The highest BCUT2D eigenvalue weighted by atomic mass is 16.5. The summed E-state index contributed by atoms with van der Waals surface area (Å²) in [5.74, 6) is -0.331. The molecule has 3 aromatic rings. The highest BCUT2D eigenvalue weighted by molar-refractivity contribution is 5.89. The molecule has 0 aliphatic rings. The van der Waals surface area contributed by atoms with Crippen molar-refractivity contribution in [1.29, 1.82) is 0 Å². The van der Waals surface area contributed by atoms with Crippen molar-refractivity contribution < 1.29 is 9.53 Å². The largest absolute Gasteiger partial charge is 0.457 e. The van der Waals surface area contributed by atoms with E-state index in [9.17, 15) is 4.79 Å². The fourth-order valence-electron chi connectivity index (χ4n) is 1.96. The molecule has 1 aromatic carbocycles. The van der Waals surface area contributed by atoms with Crippen LogP contribution < -0.4 is 0 Å². The Hall–Kier alpha value is -2.62. The molecule has 0 spiro atoms. The molecule has 0 aliphatic carbocycles. The molecular weight excluding hydrogens is 240 g/mol. The number of aromatic amines is 1. The number of aromatic nitrogens is 2. The van der Waals surface area contributed by atoms with E-state index >= 15 is 0 Å². The average molecular weight is 252 g/mol. The van der Waals surface area contributed by atoms with Gasteiger partial charge in [0.25, 0.3) is 0 Å². The molecule has 2 heterocycles. The van der Waals surface area contributed by atoms with Gasteiger partial charge in [-0.2, -0.15) is 0 Å². The molecule has 94 valence electrons. The van der Waals surface area contributed by atoms with Gasteiger partial charge in [0, 0.05) is 29.5 Å². The summed E-state index contributed by atoms with van der Waals surface area (Å²) in [7, 11) is 0. The number of ether oxygens (including phenoxy) is 1. The van der Waals surface area contributed by atoms with Crippen molar-refractivity contribution in [2.45, 2.75) is 6.61 Å². The Balaban J connectivity index is 1.81. The third kappa shape index (κ3) is 2.33. The number of H-pyrrole nitrogens is 1. The van der Waals surface area contributed by atoms with Gasteiger partial charge in [-0.05, 0) is 18.2 Å². The van der Waals surface area contributed by atoms with Gasteiger partial charge in [0.15, 0.2) is 0 Å². The number of nitrogens with one attached hydrogen (secondary N) is 1. The first-order chi connectivity index (χ1) is 9.34. The summed E-state index contributed by atoms with van der Waals surface area (Å²) < 4.78 is 5.29. The smallest absolute Gasteiger partial charge is 0.340 e. The number of para-hydroxylation sites is 1. The molecule has 0 aliphatic heterocycles. The third-order valence-corrected chi connectivity index (χ3v) is 2.93. The first-order valence-electron chi connectivity index (χ1n) is 5.97. The van der Waals surface area contributed by atoms with Crippen LogP contribution in [0.4, 0.5) is 0 Å². The minimum Gasteiger partial charge on any atom is -0.457 e. The molecule has 0 saturated carbocycles. The zero-order chi connectivity index (χ0) is 13.1. The van der Waals surface area contributed by atoms with Gasteiger partial charge >= 0.3 is 5.97 Å². The number of hydrogen-bond acceptors (Lipinski definition) is 3. The Morgan fingerprint density at radius 1 is 1.21 bits per heavy atom. The van der Waals surface area contributed by atoms with Gasteiger partial charge in [-0.25, -0.2) is 4.79 Å². The maximum Gasteiger partial charge on any atom is 0.340 e. The van der Waals surface area contributed by atoms with E-state index in [4.69, 9.17) is 4.74 Å². The Labute approximate surface area is 110 Å². The van der Waals surface area contributed by atoms with Crippen LogP contribution in [0.25, 0.3) is 10.9 Å². The molecular formula is C15H12N2O2. The molecule has 4 heteroatoms. The number of benzene rings is 1. The highest BCUT2D eigenvalue weighted by Crippen LogP contribution is 2.17. The van der Waals surface area contributed by atoms with E-state index in [1.165, 1.54) is 0 Å². The summed E-state index contributed by atoms with van der Waals surface area (Å²) >= 11 is 0. The summed E-state index contributed by atoms with van der Waals surface area (Å²) in [5, 5.41) is 1.01. The zero-order valence-electron chi connectivity index (χ0n) is 10.2. The SMILES string of the molecule is O=C(OCc1ccnc2ccccc12)c1cc[nH]c1. The van der Waals surface area contributed by atoms with Gasteiger partial charge in [0.05, 0.1) is 11.1 Å². The van der Waals surface area contributed by atoms with E-state index < -0.39 is 0 Å². The molecule has 0 fully saturated rings. The minimum absolute atomic E-state index is 0.243. The summed E-state index contributed by atoms with van der Waals surface area (Å²) in [6.45, 7) is 0.243. The Morgan fingerprint density at radius 3 is 2.95 bits per heavy atom. The average Bonchev–Trinajstić information content (AvgIpc) is 2.99. The normalized spacial score (nSPS) is 10.5. The van der Waals surface area contributed by atoms with Crippen LogP contribution in [0.2, 0.25) is 0 Å². The van der Waals surface area contributed by atoms with Crippen LogP contribution in [0.3, 0.4) is 0 Å². The summed E-state index contributed by atoms with van der Waals surface area (Å²) in [6, 6.07) is 11.3. The van der Waals surface area contributed by atoms with Crippen molar-refractivity contribution >= 4 is 16.9 Å². The lowest BCUT2D eigenvalue weighted by molar-refractivity contribution is 0.0474. The number of pyridine rings is 1. The second-order valence-electron chi connectivity index (χ2n) is 4.16. The molecule has 1 N–H and O–H groups in total. The van der Waals surface area contributed by atoms with Crippen molar-refractivity contribution in [2.75, 3.05) is 0 Å². The van der Waals surface area contributed by atoms with E-state index in [0.29, 0.717) is 5.56 Å². The van der Waals surface area contributed by atoms with Crippen molar-refractivity contribution in [3.8, 4) is 0 Å². The van der Waals surface area contributed by atoms with Crippen LogP contribution in [0, 0.1) is 0 Å². The quantitative estimate of drug-likeness (QED) is 0.729. The lowest BCUT2D eigenvalue weighted by Crippen LogP contribution is -2.04. The Bertz CT molecular complexity index is 700. The van der Waals surface area contributed by atoms with E-state index in [-0.39, 0.29) is 12.6 Å². The molecule has 2 aromatic heterocycles. The number of fused-ring (bicyclic) bond motifs is 1. The Kier molecular flexibility index (Phi) is 2.98. The van der Waals surface area contributed by atoms with Crippen LogP contribution in [0.15, 0.2) is 55.0 Å². The van der Waals surface area contributed by atoms with Crippen molar-refractivity contribution in [1.82, 2.24) is 9.97 Å². The van der Waals surface area contributed by atoms with Crippen LogP contribution in [0.5, 0.6) is 0 Å². The van der Waals surface area contributed by atoms with E-state index in [1.807, 2.05) is 30.3 Å². The monoisotopic (exact) mass is 252 g/mol. The van der Waals surface area contributed by atoms with Gasteiger partial charge in [-0.15, -0.1) is 0 Å². The maximum atomic E-state index is 11.8. The van der Waals surface area contributed by atoms with Crippen LogP contribution in [-0.2, 0) is 11.3 Å². The van der Waals surface area contributed by atoms with E-state index in [0.717, 1.165) is 16.5 Å². The van der Waals surface area contributed by atoms with Crippen LogP contribution in [0.1, 0.15) is 15.9 Å². The molecule has 0 atom stereocenters. The number of carbonyl (C=O) groups is 1. The number of rotatable bonds is 3. The fourth-order valence-corrected chi connectivity index (χ4v) is 1.96. The van der Waals surface area contributed by atoms with E-state index in [2.05, 4.69) is 9.97 Å². The number of carbonyl (C=O) groups excluding carboxylic acids is 1. The van der Waals surface area contributed by atoms with Crippen molar-refractivity contribution in [3.05, 3.63) is 66.1 Å². The first-order valence-corrected chi connectivity index (χ1v) is 5.97. The second kappa shape index (κ2) is 4.94. The highest BCUT2D eigenvalue weighted by Gasteiger charge is 2.08. The summed E-state index contributed by atoms with van der Waals surface area (Å²) in [5.41, 5.74) is 2.38. The lowest BCUT2D eigenvalue weighted by atomic mass is 10.1. The molecule has 19 heavy (non-hydrogen) atoms. The summed E-state index contributed by atoms with van der Waals surface area (Å²) in [6.07, 6.45) is 5.03. The standard InChI is InChI=1S/C15H12N2O2/c18-15(11-5-7-16-9-11)19-10-12-6-8-17-14-4-2-1-3-13(12)14/h1-9,16H,10H2.